The minimum Gasteiger partial charge on any atom is -0.465 e. The Labute approximate surface area is 248 Å². The monoisotopic (exact) mass is 620 g/mol. The van der Waals surface area contributed by atoms with Crippen LogP contribution in [0.25, 0.3) is 10.8 Å². The Kier molecular flexibility index (Phi) is 10.6. The molecular weight excluding hydrogens is 582 g/mol. The number of nitrogens with one attached hydrogen (secondary N) is 1. The average molecular weight is 621 g/mol. The van der Waals surface area contributed by atoms with E-state index in [0.717, 1.165) is 36.1 Å². The molecule has 0 spiro atoms. The van der Waals surface area contributed by atoms with Crippen molar-refractivity contribution in [3.8, 4) is 5.75 Å². The maximum Gasteiger partial charge on any atom is 0.459 e. The first-order valence-corrected chi connectivity index (χ1v) is 15.7. The molecule has 2 heterocycles. The van der Waals surface area contributed by atoms with Crippen molar-refractivity contribution in [2.75, 3.05) is 18.9 Å². The Balaban J connectivity index is 1.53. The van der Waals surface area contributed by atoms with Crippen molar-refractivity contribution >= 4 is 30.3 Å². The molecule has 0 amide bonds. The summed E-state index contributed by atoms with van der Waals surface area (Å²) >= 11 is 0. The second kappa shape index (κ2) is 14.0. The van der Waals surface area contributed by atoms with Gasteiger partial charge in [0.1, 0.15) is 29.8 Å². The predicted octanol–water partition coefficient (Wildman–Crippen LogP) is 4.27. The molecule has 0 aliphatic carbocycles. The molecule has 1 fully saturated rings. The van der Waals surface area contributed by atoms with Crippen LogP contribution < -0.4 is 21.0 Å². The number of nitrogens with zero attached hydrogens (tertiary/aromatic N) is 2. The van der Waals surface area contributed by atoms with Crippen LogP contribution in [-0.4, -0.2) is 57.8 Å². The summed E-state index contributed by atoms with van der Waals surface area (Å²) in [7, 11) is -4.40. The molecule has 3 aromatic rings. The van der Waals surface area contributed by atoms with Gasteiger partial charge in [-0.3, -0.25) is 13.9 Å². The number of aromatic nitrogens is 2. The van der Waals surface area contributed by atoms with Crippen LogP contribution >= 0.6 is 7.75 Å². The number of nitrogens with two attached hydrogens (primary N) is 1. The largest absolute Gasteiger partial charge is 0.465 e. The molecule has 1 aliphatic heterocycles. The van der Waals surface area contributed by atoms with Crippen molar-refractivity contribution in [2.45, 2.75) is 76.6 Å². The summed E-state index contributed by atoms with van der Waals surface area (Å²) < 4.78 is 53.3. The summed E-state index contributed by atoms with van der Waals surface area (Å²) in [4.78, 5) is 28.6. The Morgan fingerprint density at radius 2 is 1.98 bits per heavy atom. The summed E-state index contributed by atoms with van der Waals surface area (Å²) in [6.07, 6.45) is 0.111. The van der Waals surface area contributed by atoms with Crippen molar-refractivity contribution in [1.29, 1.82) is 0 Å². The zero-order valence-corrected chi connectivity index (χ0v) is 25.2. The Bertz CT molecular complexity index is 1510. The highest BCUT2D eigenvalue weighted by Crippen LogP contribution is 2.48. The number of unbranched alkanes of at least 4 members (excludes halogenated alkanes) is 3. The van der Waals surface area contributed by atoms with Crippen LogP contribution in [0.15, 0.2) is 59.5 Å². The van der Waals surface area contributed by atoms with Crippen LogP contribution in [0, 0.1) is 0 Å². The molecule has 2 aromatic carbocycles. The van der Waals surface area contributed by atoms with Gasteiger partial charge < -0.3 is 24.8 Å². The van der Waals surface area contributed by atoms with Gasteiger partial charge in [0.15, 0.2) is 11.9 Å². The summed E-state index contributed by atoms with van der Waals surface area (Å²) in [6, 6.07) is 12.6. The highest BCUT2D eigenvalue weighted by Gasteiger charge is 2.56. The average Bonchev–Trinajstić information content (AvgIpc) is 3.19. The molecule has 1 saturated heterocycles. The van der Waals surface area contributed by atoms with Crippen molar-refractivity contribution in [3.63, 3.8) is 0 Å². The minimum absolute atomic E-state index is 0.0635. The van der Waals surface area contributed by atoms with Gasteiger partial charge >= 0.3 is 19.4 Å². The Morgan fingerprint density at radius 3 is 2.72 bits per heavy atom. The number of ether oxygens (including phenoxy) is 2. The normalized spacial score (nSPS) is 24.0. The van der Waals surface area contributed by atoms with Gasteiger partial charge in [-0.2, -0.15) is 10.1 Å². The van der Waals surface area contributed by atoms with E-state index in [4.69, 9.17) is 24.3 Å². The topological polar surface area (TPSA) is 164 Å². The molecule has 6 atom stereocenters. The number of rotatable bonds is 14. The second-order valence-corrected chi connectivity index (χ2v) is 12.3. The smallest absolute Gasteiger partial charge is 0.459 e. The number of alkyl halides is 1. The number of anilines is 1. The summed E-state index contributed by atoms with van der Waals surface area (Å²) in [5, 5.41) is 14.8. The number of benzene rings is 2. The van der Waals surface area contributed by atoms with E-state index in [1.807, 2.05) is 18.2 Å². The highest BCUT2D eigenvalue weighted by atomic mass is 31.2. The van der Waals surface area contributed by atoms with Gasteiger partial charge in [0.25, 0.3) is 0 Å². The summed E-state index contributed by atoms with van der Waals surface area (Å²) in [5.74, 6) is -0.522. The first kappa shape index (κ1) is 32.6. The maximum absolute atomic E-state index is 15.7. The summed E-state index contributed by atoms with van der Waals surface area (Å²) in [5.41, 5.74) is 2.20. The molecule has 12 nitrogen and oxygen atoms in total. The summed E-state index contributed by atoms with van der Waals surface area (Å²) in [6.45, 7) is 4.17. The van der Waals surface area contributed by atoms with E-state index in [0.29, 0.717) is 11.8 Å². The van der Waals surface area contributed by atoms with Crippen LogP contribution in [0.1, 0.15) is 52.7 Å². The number of nitrogen functional groups attached to an aromatic ring is 1. The number of carbonyl (C=O) groups is 1. The molecule has 4 rings (SSSR count). The van der Waals surface area contributed by atoms with Crippen LogP contribution in [0.4, 0.5) is 10.2 Å². The molecule has 1 aliphatic rings. The van der Waals surface area contributed by atoms with Gasteiger partial charge in [-0.1, -0.05) is 62.6 Å². The van der Waals surface area contributed by atoms with E-state index in [2.05, 4.69) is 17.0 Å². The number of halogens is 1. The van der Waals surface area contributed by atoms with E-state index in [1.54, 1.807) is 24.3 Å². The van der Waals surface area contributed by atoms with E-state index in [9.17, 15) is 19.3 Å². The first-order valence-electron chi connectivity index (χ1n) is 14.2. The fourth-order valence-corrected chi connectivity index (χ4v) is 6.26. The lowest BCUT2D eigenvalue weighted by Gasteiger charge is -2.25. The zero-order chi connectivity index (χ0) is 31.2. The molecule has 43 heavy (non-hydrogen) atoms. The molecule has 14 heteroatoms. The van der Waals surface area contributed by atoms with Crippen LogP contribution in [0.3, 0.4) is 0 Å². The van der Waals surface area contributed by atoms with Crippen molar-refractivity contribution in [2.24, 2.45) is 0 Å². The number of aliphatic hydroxyl groups excluding tert-OH is 1. The number of hydrogen-bond donors (Lipinski definition) is 3. The van der Waals surface area contributed by atoms with E-state index >= 15 is 4.39 Å². The number of esters is 1. The van der Waals surface area contributed by atoms with Gasteiger partial charge in [-0.15, -0.1) is 0 Å². The second-order valence-electron chi connectivity index (χ2n) is 10.6. The standard InChI is InChI=1S/C29H38FN4O8P/c1-4-5-6-9-17-39-26(36)19(2)33-43(38,42-22-14-10-12-20-11-7-8-13-21(20)22)40-18-23-25(35)29(3,30)27(41-23)34-16-15-24(31)32-28(34)37/h7-8,10-16,19,23,25,27,35H,4-6,9,17-18H2,1-3H3,(H,33,38)(H2,31,32,37)/t19-,23+,25?,27+,29?,43?/m0/s1. The van der Waals surface area contributed by atoms with Gasteiger partial charge in [0.05, 0.1) is 13.2 Å². The van der Waals surface area contributed by atoms with Crippen molar-refractivity contribution < 1.29 is 37.4 Å². The number of fused-ring (bicyclic) bond motifs is 1. The third kappa shape index (κ3) is 7.79. The minimum atomic E-state index is -4.40. The van der Waals surface area contributed by atoms with Gasteiger partial charge in [-0.05, 0) is 37.8 Å². The number of hydrogen-bond acceptors (Lipinski definition) is 10. The van der Waals surface area contributed by atoms with E-state index < -0.39 is 56.2 Å². The van der Waals surface area contributed by atoms with Gasteiger partial charge in [0, 0.05) is 11.6 Å². The Morgan fingerprint density at radius 1 is 1.23 bits per heavy atom. The number of aliphatic hydroxyl groups is 1. The fraction of sp³-hybridized carbons (Fsp3) is 0.483. The fourth-order valence-electron chi connectivity index (χ4n) is 4.74. The van der Waals surface area contributed by atoms with Gasteiger partial charge in [-0.25, -0.2) is 13.8 Å². The highest BCUT2D eigenvalue weighted by molar-refractivity contribution is 7.52. The van der Waals surface area contributed by atoms with Crippen molar-refractivity contribution in [3.05, 3.63) is 65.2 Å². The van der Waals surface area contributed by atoms with Crippen LogP contribution in [0.5, 0.6) is 5.75 Å². The molecule has 0 radical (unpaired) electrons. The van der Waals surface area contributed by atoms with Crippen LogP contribution in [-0.2, 0) is 23.4 Å². The zero-order valence-electron chi connectivity index (χ0n) is 24.4. The molecule has 0 saturated carbocycles. The van der Waals surface area contributed by atoms with Crippen LogP contribution in [0.2, 0.25) is 0 Å². The molecule has 3 unspecified atom stereocenters. The lowest BCUT2D eigenvalue weighted by molar-refractivity contribution is -0.145. The molecular formula is C29H38FN4O8P. The third-order valence-electron chi connectivity index (χ3n) is 7.15. The maximum atomic E-state index is 15.7. The molecule has 0 bridgehead atoms. The van der Waals surface area contributed by atoms with E-state index in [1.165, 1.54) is 19.2 Å². The lowest BCUT2D eigenvalue weighted by atomic mass is 9.98. The Hall–Kier alpha value is -3.35. The molecule has 4 N–H and O–H groups in total. The number of carbonyl (C=O) groups excluding carboxylic acids is 1. The van der Waals surface area contributed by atoms with E-state index in [-0.39, 0.29) is 18.2 Å². The first-order chi connectivity index (χ1) is 20.4. The lowest BCUT2D eigenvalue weighted by Crippen LogP contribution is -2.43. The van der Waals surface area contributed by atoms with Gasteiger partial charge in [0.2, 0.25) is 0 Å². The van der Waals surface area contributed by atoms with Crippen molar-refractivity contribution in [1.82, 2.24) is 14.6 Å². The third-order valence-corrected chi connectivity index (χ3v) is 8.78. The SMILES string of the molecule is CCCCCCOC(=O)[C@H](C)NP(=O)(OC[C@H]1O[C@@H](n2ccc(N)nc2=O)C(C)(F)C1O)Oc1cccc2ccccc12. The quantitative estimate of drug-likeness (QED) is 0.134. The predicted molar refractivity (Wildman–Crippen MR) is 158 cm³/mol. The molecule has 1 aromatic heterocycles. The molecule has 234 valence electrons.